The minimum absolute atomic E-state index is 0.0396. The zero-order chi connectivity index (χ0) is 17.8. The summed E-state index contributed by atoms with van der Waals surface area (Å²) in [5.74, 6) is 0.742. The fourth-order valence-electron chi connectivity index (χ4n) is 2.35. The largest absolute Gasteiger partial charge is 0.497 e. The highest BCUT2D eigenvalue weighted by Crippen LogP contribution is 2.17. The molecule has 7 heteroatoms. The Morgan fingerprint density at radius 3 is 2.72 bits per heavy atom. The van der Waals surface area contributed by atoms with Crippen LogP contribution in [-0.2, 0) is 4.79 Å². The Kier molecular flexibility index (Phi) is 5.14. The van der Waals surface area contributed by atoms with Crippen molar-refractivity contribution < 1.29 is 14.3 Å². The third-order valence-electron chi connectivity index (χ3n) is 3.60. The number of nitrogens with one attached hydrogen (secondary N) is 1. The number of methoxy groups -OCH3 is 1. The topological polar surface area (TPSA) is 80.1 Å². The van der Waals surface area contributed by atoms with Crippen LogP contribution in [0.3, 0.4) is 0 Å². The van der Waals surface area contributed by atoms with Crippen LogP contribution in [-0.4, -0.2) is 30.1 Å². The van der Waals surface area contributed by atoms with Crippen LogP contribution in [0.15, 0.2) is 52.4 Å². The van der Waals surface area contributed by atoms with E-state index in [0.29, 0.717) is 11.3 Å². The van der Waals surface area contributed by atoms with Gasteiger partial charge in [0.25, 0.3) is 0 Å². The number of rotatable bonds is 6. The van der Waals surface area contributed by atoms with Crippen molar-refractivity contribution in [3.63, 3.8) is 0 Å². The molecule has 1 amide bonds. The number of thioether (sulfide) groups is 1. The van der Waals surface area contributed by atoms with E-state index >= 15 is 0 Å². The number of carbonyl (C=O) groups is 2. The number of nitrogens with zero attached hydrogens (tertiary/aromatic N) is 2. The van der Waals surface area contributed by atoms with E-state index in [1.165, 1.54) is 18.7 Å². The molecular formula is C18H17N3O3S. The second-order valence-corrected chi connectivity index (χ2v) is 6.48. The van der Waals surface area contributed by atoms with Crippen molar-refractivity contribution in [2.24, 2.45) is 9.98 Å². The summed E-state index contributed by atoms with van der Waals surface area (Å²) in [4.78, 5) is 32.4. The lowest BCUT2D eigenvalue weighted by atomic mass is 10.1. The van der Waals surface area contributed by atoms with E-state index in [1.807, 2.05) is 18.2 Å². The Morgan fingerprint density at radius 2 is 1.96 bits per heavy atom. The molecule has 6 nitrogen and oxygen atoms in total. The van der Waals surface area contributed by atoms with E-state index in [0.717, 1.165) is 16.5 Å². The average molecular weight is 355 g/mol. The van der Waals surface area contributed by atoms with E-state index in [9.17, 15) is 9.59 Å². The van der Waals surface area contributed by atoms with Crippen LogP contribution in [0.5, 0.6) is 5.75 Å². The lowest BCUT2D eigenvalue weighted by Crippen LogP contribution is -2.20. The molecule has 2 aromatic carbocycles. The van der Waals surface area contributed by atoms with Crippen LogP contribution in [0.1, 0.15) is 17.3 Å². The number of Topliss-reactive ketones (excluding diaryl/α,β-unsaturated/α-hetero) is 1. The third-order valence-corrected chi connectivity index (χ3v) is 4.54. The summed E-state index contributed by atoms with van der Waals surface area (Å²) >= 11 is 1.34. The Labute approximate surface area is 149 Å². The summed E-state index contributed by atoms with van der Waals surface area (Å²) in [6.07, 6.45) is 0. The molecular weight excluding hydrogens is 338 g/mol. The molecule has 1 unspecified atom stereocenters. The molecule has 3 rings (SSSR count). The molecule has 0 aromatic heterocycles. The first-order valence-electron chi connectivity index (χ1n) is 7.67. The molecule has 1 heterocycles. The second kappa shape index (κ2) is 7.48. The van der Waals surface area contributed by atoms with Crippen molar-refractivity contribution in [1.82, 2.24) is 0 Å². The van der Waals surface area contributed by atoms with E-state index in [4.69, 9.17) is 4.74 Å². The molecule has 0 fully saturated rings. The van der Waals surface area contributed by atoms with E-state index < -0.39 is 0 Å². The first-order chi connectivity index (χ1) is 12.0. The Morgan fingerprint density at radius 1 is 1.16 bits per heavy atom. The predicted octanol–water partition coefficient (Wildman–Crippen LogP) is 1.81. The van der Waals surface area contributed by atoms with Gasteiger partial charge in [-0.2, -0.15) is 0 Å². The van der Waals surface area contributed by atoms with Crippen LogP contribution < -0.4 is 20.8 Å². The highest BCUT2D eigenvalue weighted by Gasteiger charge is 2.14. The average Bonchev–Trinajstić information content (AvgIpc) is 3.02. The van der Waals surface area contributed by atoms with Gasteiger partial charge in [-0.15, -0.1) is 11.8 Å². The summed E-state index contributed by atoms with van der Waals surface area (Å²) in [7, 11) is 1.60. The summed E-state index contributed by atoms with van der Waals surface area (Å²) < 4.78 is 5.17. The number of fused-ring (bicyclic) bond motifs is 1. The Hall–Kier alpha value is -2.67. The van der Waals surface area contributed by atoms with Gasteiger partial charge in [0.2, 0.25) is 5.91 Å². The maximum atomic E-state index is 12.1. The molecule has 25 heavy (non-hydrogen) atoms. The zero-order valence-electron chi connectivity index (χ0n) is 13.9. The van der Waals surface area contributed by atoms with Crippen LogP contribution in [0, 0.1) is 0 Å². The smallest absolute Gasteiger partial charge is 0.234 e. The third kappa shape index (κ3) is 4.24. The van der Waals surface area contributed by atoms with Gasteiger partial charge < -0.3 is 10.1 Å². The quantitative estimate of drug-likeness (QED) is 0.802. The molecule has 1 aliphatic rings. The highest BCUT2D eigenvalue weighted by atomic mass is 32.2. The van der Waals surface area contributed by atoms with Crippen LogP contribution in [0.25, 0.3) is 0 Å². The minimum atomic E-state index is -0.337. The van der Waals surface area contributed by atoms with Gasteiger partial charge in [-0.05, 0) is 31.2 Å². The first kappa shape index (κ1) is 17.2. The number of ether oxygens (including phenoxy) is 1. The predicted molar refractivity (Wildman–Crippen MR) is 96.6 cm³/mol. The molecule has 1 aliphatic heterocycles. The molecule has 0 bridgehead atoms. The number of amides is 1. The van der Waals surface area contributed by atoms with Crippen LogP contribution >= 0.6 is 11.8 Å². The molecule has 0 aliphatic carbocycles. The van der Waals surface area contributed by atoms with Gasteiger partial charge >= 0.3 is 0 Å². The Bertz CT molecular complexity index is 943. The number of hydrogen-bond donors (Lipinski definition) is 1. The van der Waals surface area contributed by atoms with Gasteiger partial charge in [-0.3, -0.25) is 9.59 Å². The maximum Gasteiger partial charge on any atom is 0.234 e. The highest BCUT2D eigenvalue weighted by molar-refractivity contribution is 8.00. The van der Waals surface area contributed by atoms with E-state index in [-0.39, 0.29) is 22.9 Å². The van der Waals surface area contributed by atoms with Crippen LogP contribution in [0.2, 0.25) is 0 Å². The van der Waals surface area contributed by atoms with Gasteiger partial charge in [-0.1, -0.05) is 12.1 Å². The number of hydrogen-bond acceptors (Lipinski definition) is 6. The normalized spacial score (nSPS) is 14.9. The second-order valence-electron chi connectivity index (χ2n) is 5.44. The molecule has 0 saturated heterocycles. The number of anilines is 1. The molecule has 0 spiro atoms. The maximum absolute atomic E-state index is 12.1. The molecule has 0 saturated carbocycles. The van der Waals surface area contributed by atoms with Crippen molar-refractivity contribution >= 4 is 29.1 Å². The fourth-order valence-corrected chi connectivity index (χ4v) is 3.10. The fraction of sp³-hybridized carbons (Fsp3) is 0.222. The number of ketones is 1. The van der Waals surface area contributed by atoms with Crippen molar-refractivity contribution in [3.05, 3.63) is 58.7 Å². The van der Waals surface area contributed by atoms with Crippen molar-refractivity contribution in [2.45, 2.75) is 12.4 Å². The SMILES string of the molecule is COc1ccc2c(c1)=NC(SCC(=O)Nc1cccc(C(C)=O)c1)N=2. The molecule has 0 radical (unpaired) electrons. The summed E-state index contributed by atoms with van der Waals surface area (Å²) in [6, 6.07) is 12.4. The number of benzene rings is 2. The van der Waals surface area contributed by atoms with E-state index in [2.05, 4.69) is 15.3 Å². The Balaban J connectivity index is 1.59. The summed E-state index contributed by atoms with van der Waals surface area (Å²) in [5, 5.41) is 4.35. The van der Waals surface area contributed by atoms with E-state index in [1.54, 1.807) is 31.4 Å². The van der Waals surface area contributed by atoms with Crippen molar-refractivity contribution in [1.29, 1.82) is 0 Å². The van der Waals surface area contributed by atoms with Gasteiger partial charge in [0, 0.05) is 17.3 Å². The van der Waals surface area contributed by atoms with Gasteiger partial charge in [-0.25, -0.2) is 9.98 Å². The monoisotopic (exact) mass is 355 g/mol. The van der Waals surface area contributed by atoms with Gasteiger partial charge in [0.05, 0.1) is 23.6 Å². The lowest BCUT2D eigenvalue weighted by molar-refractivity contribution is -0.113. The summed E-state index contributed by atoms with van der Waals surface area (Å²) in [6.45, 7) is 1.49. The van der Waals surface area contributed by atoms with Gasteiger partial charge in [0.15, 0.2) is 11.3 Å². The first-order valence-corrected chi connectivity index (χ1v) is 8.72. The lowest BCUT2D eigenvalue weighted by Gasteiger charge is -2.07. The molecule has 1 N–H and O–H groups in total. The molecule has 1 atom stereocenters. The zero-order valence-corrected chi connectivity index (χ0v) is 14.7. The standard InChI is InChI=1S/C18H17N3O3S/c1-11(22)12-4-3-5-13(8-12)19-17(23)10-25-18-20-15-7-6-14(24-2)9-16(15)21-18/h3-9,18H,10H2,1-2H3,(H,19,23). The molecule has 2 aromatic rings. The van der Waals surface area contributed by atoms with Crippen molar-refractivity contribution in [2.75, 3.05) is 18.2 Å². The minimum Gasteiger partial charge on any atom is -0.497 e. The van der Waals surface area contributed by atoms with Gasteiger partial charge in [0.1, 0.15) is 5.75 Å². The van der Waals surface area contributed by atoms with Crippen molar-refractivity contribution in [3.8, 4) is 5.75 Å². The summed E-state index contributed by atoms with van der Waals surface area (Å²) in [5.41, 5.74) is 0.832. The molecule has 128 valence electrons. The number of carbonyl (C=O) groups excluding carboxylic acids is 2. The van der Waals surface area contributed by atoms with Crippen LogP contribution in [0.4, 0.5) is 5.69 Å².